The van der Waals surface area contributed by atoms with Crippen molar-refractivity contribution in [1.82, 2.24) is 0 Å². The number of Topliss-reactive ketones (excluding diaryl/α,β-unsaturated/α-hetero) is 2. The fraction of sp³-hybridized carbons (Fsp3) is 0.250. The molecule has 0 atom stereocenters. The Hall–Kier alpha value is -2.72. The van der Waals surface area contributed by atoms with Crippen LogP contribution < -0.4 is 9.47 Å². The Kier molecular flexibility index (Phi) is 5.38. The summed E-state index contributed by atoms with van der Waals surface area (Å²) < 4.78 is 10.6. The van der Waals surface area contributed by atoms with Crippen LogP contribution in [0.4, 0.5) is 0 Å². The number of benzene rings is 1. The molecular weight excluding hydrogens is 256 g/mol. The van der Waals surface area contributed by atoms with Crippen molar-refractivity contribution in [3.63, 3.8) is 0 Å². The summed E-state index contributed by atoms with van der Waals surface area (Å²) >= 11 is 0. The van der Waals surface area contributed by atoms with Gasteiger partial charge in [-0.15, -0.1) is 12.8 Å². The van der Waals surface area contributed by atoms with Crippen molar-refractivity contribution >= 4 is 11.6 Å². The van der Waals surface area contributed by atoms with E-state index in [0.717, 1.165) is 0 Å². The molecule has 20 heavy (non-hydrogen) atoms. The third-order valence-electron chi connectivity index (χ3n) is 2.46. The van der Waals surface area contributed by atoms with Gasteiger partial charge in [0.2, 0.25) is 0 Å². The number of hydrogen-bond donors (Lipinski definition) is 0. The van der Waals surface area contributed by atoms with Gasteiger partial charge in [0.25, 0.3) is 0 Å². The first kappa shape index (κ1) is 15.3. The molecule has 0 saturated heterocycles. The number of carbonyl (C=O) groups is 2. The van der Waals surface area contributed by atoms with Crippen LogP contribution in [-0.4, -0.2) is 24.8 Å². The molecule has 1 rings (SSSR count). The predicted octanol–water partition coefficient (Wildman–Crippen LogP) is 2.12. The Morgan fingerprint density at radius 2 is 1.35 bits per heavy atom. The molecule has 1 aromatic carbocycles. The maximum Gasteiger partial charge on any atom is 0.163 e. The zero-order chi connectivity index (χ0) is 15.1. The molecule has 0 unspecified atom stereocenters. The summed E-state index contributed by atoms with van der Waals surface area (Å²) in [5, 5.41) is 0. The van der Waals surface area contributed by atoms with Crippen LogP contribution in [0.15, 0.2) is 12.1 Å². The zero-order valence-electron chi connectivity index (χ0n) is 11.4. The molecule has 0 aliphatic carbocycles. The lowest BCUT2D eigenvalue weighted by atomic mass is 10.0. The molecule has 0 amide bonds. The van der Waals surface area contributed by atoms with Crippen molar-refractivity contribution in [1.29, 1.82) is 0 Å². The first-order valence-electron chi connectivity index (χ1n) is 5.83. The molecule has 0 heterocycles. The lowest BCUT2D eigenvalue weighted by molar-refractivity contribution is 0.101. The lowest BCUT2D eigenvalue weighted by Gasteiger charge is -2.13. The SMILES string of the molecule is C#CCOc1cc(OCC#C)c(C(C)=O)cc1C(C)=O. The van der Waals surface area contributed by atoms with Gasteiger partial charge in [-0.2, -0.15) is 0 Å². The van der Waals surface area contributed by atoms with Gasteiger partial charge >= 0.3 is 0 Å². The number of terminal acetylenes is 2. The van der Waals surface area contributed by atoms with E-state index in [4.69, 9.17) is 22.3 Å². The Morgan fingerprint density at radius 3 is 1.65 bits per heavy atom. The zero-order valence-corrected chi connectivity index (χ0v) is 11.4. The van der Waals surface area contributed by atoms with Crippen LogP contribution in [0.2, 0.25) is 0 Å². The predicted molar refractivity (Wildman–Crippen MR) is 75.1 cm³/mol. The summed E-state index contributed by atoms with van der Waals surface area (Å²) in [5.74, 6) is 4.69. The molecular formula is C16H14O4. The number of hydrogen-bond acceptors (Lipinski definition) is 4. The van der Waals surface area contributed by atoms with Crippen molar-refractivity contribution in [2.75, 3.05) is 13.2 Å². The van der Waals surface area contributed by atoms with Crippen LogP contribution in [0.1, 0.15) is 34.6 Å². The molecule has 0 saturated carbocycles. The van der Waals surface area contributed by atoms with Crippen molar-refractivity contribution in [2.45, 2.75) is 13.8 Å². The van der Waals surface area contributed by atoms with E-state index in [0.29, 0.717) is 0 Å². The van der Waals surface area contributed by atoms with Crippen molar-refractivity contribution < 1.29 is 19.1 Å². The van der Waals surface area contributed by atoms with E-state index in [1.807, 2.05) is 0 Å². The number of ether oxygens (including phenoxy) is 2. The molecule has 0 radical (unpaired) electrons. The minimum absolute atomic E-state index is 0.00821. The second-order valence-electron chi connectivity index (χ2n) is 3.94. The Bertz CT molecular complexity index is 563. The highest BCUT2D eigenvalue weighted by Gasteiger charge is 2.17. The second-order valence-corrected chi connectivity index (χ2v) is 3.94. The van der Waals surface area contributed by atoms with Crippen molar-refractivity contribution in [3.05, 3.63) is 23.3 Å². The topological polar surface area (TPSA) is 52.6 Å². The summed E-state index contributed by atoms with van der Waals surface area (Å²) in [6, 6.07) is 2.89. The molecule has 102 valence electrons. The fourth-order valence-corrected chi connectivity index (χ4v) is 1.59. The smallest absolute Gasteiger partial charge is 0.163 e. The quantitative estimate of drug-likeness (QED) is 0.587. The summed E-state index contributed by atoms with van der Waals surface area (Å²) in [7, 11) is 0. The largest absolute Gasteiger partial charge is 0.480 e. The molecule has 0 aromatic heterocycles. The number of rotatable bonds is 6. The van der Waals surface area contributed by atoms with Crippen molar-refractivity contribution in [2.24, 2.45) is 0 Å². The van der Waals surface area contributed by atoms with E-state index >= 15 is 0 Å². The van der Waals surface area contributed by atoms with Crippen LogP contribution in [-0.2, 0) is 0 Å². The van der Waals surface area contributed by atoms with Crippen molar-refractivity contribution in [3.8, 4) is 36.2 Å². The van der Waals surface area contributed by atoms with Crippen LogP contribution in [0.5, 0.6) is 11.5 Å². The molecule has 0 spiro atoms. The van der Waals surface area contributed by atoms with Gasteiger partial charge in [0.15, 0.2) is 11.6 Å². The van der Waals surface area contributed by atoms with Crippen LogP contribution in [0.25, 0.3) is 0 Å². The van der Waals surface area contributed by atoms with Gasteiger partial charge in [0.1, 0.15) is 24.7 Å². The minimum Gasteiger partial charge on any atom is -0.480 e. The summed E-state index contributed by atoms with van der Waals surface area (Å²) in [4.78, 5) is 23.2. The van der Waals surface area contributed by atoms with Crippen LogP contribution in [0.3, 0.4) is 0 Å². The molecule has 0 aliphatic heterocycles. The summed E-state index contributed by atoms with van der Waals surface area (Å²) in [5.41, 5.74) is 0.553. The standard InChI is InChI=1S/C16H14O4/c1-5-7-19-15-10-16(20-8-6-2)14(12(4)18)9-13(15)11(3)17/h1-2,9-10H,7-8H2,3-4H3. The van der Waals surface area contributed by atoms with Gasteiger partial charge in [0.05, 0.1) is 11.1 Å². The lowest BCUT2D eigenvalue weighted by Crippen LogP contribution is -2.07. The van der Waals surface area contributed by atoms with Crippen LogP contribution >= 0.6 is 0 Å². The molecule has 4 nitrogen and oxygen atoms in total. The Labute approximate surface area is 118 Å². The van der Waals surface area contributed by atoms with E-state index in [1.165, 1.54) is 26.0 Å². The van der Waals surface area contributed by atoms with Gasteiger partial charge < -0.3 is 9.47 Å². The number of carbonyl (C=O) groups excluding carboxylic acids is 2. The van der Waals surface area contributed by atoms with Gasteiger partial charge in [-0.25, -0.2) is 0 Å². The van der Waals surface area contributed by atoms with Gasteiger partial charge in [-0.3, -0.25) is 9.59 Å². The first-order chi connectivity index (χ1) is 9.51. The summed E-state index contributed by atoms with van der Waals surface area (Å²) in [6.45, 7) is 2.77. The average molecular weight is 270 g/mol. The Morgan fingerprint density at radius 1 is 0.950 bits per heavy atom. The molecule has 1 aromatic rings. The highest BCUT2D eigenvalue weighted by Crippen LogP contribution is 2.30. The maximum atomic E-state index is 11.6. The van der Waals surface area contributed by atoms with E-state index in [-0.39, 0.29) is 47.4 Å². The van der Waals surface area contributed by atoms with E-state index < -0.39 is 0 Å². The highest BCUT2D eigenvalue weighted by atomic mass is 16.5. The monoisotopic (exact) mass is 270 g/mol. The molecule has 0 bridgehead atoms. The Balaban J connectivity index is 3.36. The minimum atomic E-state index is -0.233. The summed E-state index contributed by atoms with van der Waals surface area (Å²) in [6.07, 6.45) is 10.3. The fourth-order valence-electron chi connectivity index (χ4n) is 1.59. The third kappa shape index (κ3) is 3.63. The first-order valence-corrected chi connectivity index (χ1v) is 5.83. The molecule has 0 fully saturated rings. The second kappa shape index (κ2) is 7.01. The van der Waals surface area contributed by atoms with Crippen LogP contribution in [0, 0.1) is 24.7 Å². The third-order valence-corrected chi connectivity index (χ3v) is 2.46. The van der Waals surface area contributed by atoms with Gasteiger partial charge in [-0.05, 0) is 19.9 Å². The molecule has 4 heteroatoms. The normalized spacial score (nSPS) is 9.20. The highest BCUT2D eigenvalue weighted by molar-refractivity contribution is 6.03. The average Bonchev–Trinajstić information content (AvgIpc) is 2.41. The van der Waals surface area contributed by atoms with E-state index in [9.17, 15) is 9.59 Å². The van der Waals surface area contributed by atoms with Gasteiger partial charge in [-0.1, -0.05) is 11.8 Å². The molecule has 0 N–H and O–H groups in total. The van der Waals surface area contributed by atoms with Gasteiger partial charge in [0, 0.05) is 6.07 Å². The molecule has 0 aliphatic rings. The van der Waals surface area contributed by atoms with E-state index in [2.05, 4.69) is 11.8 Å². The number of ketones is 2. The van der Waals surface area contributed by atoms with E-state index in [1.54, 1.807) is 0 Å². The maximum absolute atomic E-state index is 11.6.